The molecule has 0 bridgehead atoms. The molecule has 4 heteroatoms. The quantitative estimate of drug-likeness (QED) is 0.907. The summed E-state index contributed by atoms with van der Waals surface area (Å²) in [5, 5.41) is 3.20. The second-order valence-electron chi connectivity index (χ2n) is 6.74. The molecule has 1 heterocycles. The number of carbonyl (C=O) groups excluding carboxylic acids is 2. The highest BCUT2D eigenvalue weighted by molar-refractivity contribution is 6.01. The zero-order valence-corrected chi connectivity index (χ0v) is 13.9. The molecule has 1 aromatic rings. The Bertz CT molecular complexity index is 578. The van der Waals surface area contributed by atoms with Gasteiger partial charge in [0.1, 0.15) is 6.04 Å². The molecule has 1 aliphatic carbocycles. The maximum absolute atomic E-state index is 12.8. The number of hydrogen-bond acceptors (Lipinski definition) is 2. The van der Waals surface area contributed by atoms with Gasteiger partial charge < -0.3 is 10.2 Å². The third-order valence-electron chi connectivity index (χ3n) is 5.04. The molecule has 1 fully saturated rings. The van der Waals surface area contributed by atoms with Crippen LogP contribution in [0.25, 0.3) is 0 Å². The van der Waals surface area contributed by atoms with Gasteiger partial charge in [-0.25, -0.2) is 0 Å². The fourth-order valence-electron chi connectivity index (χ4n) is 3.77. The van der Waals surface area contributed by atoms with Crippen molar-refractivity contribution < 1.29 is 9.59 Å². The Hall–Kier alpha value is -1.84. The summed E-state index contributed by atoms with van der Waals surface area (Å²) in [4.78, 5) is 27.2. The second-order valence-corrected chi connectivity index (χ2v) is 6.74. The summed E-state index contributed by atoms with van der Waals surface area (Å²) in [6.07, 6.45) is 7.40. The Kier molecular flexibility index (Phi) is 4.99. The molecule has 0 radical (unpaired) electrons. The van der Waals surface area contributed by atoms with Crippen molar-refractivity contribution in [2.75, 3.05) is 0 Å². The van der Waals surface area contributed by atoms with E-state index in [1.165, 1.54) is 19.3 Å². The SMILES string of the molecule is CCCC(C(=O)NC1CCCCC1)N1Cc2ccccc2C1=O. The van der Waals surface area contributed by atoms with E-state index in [0.29, 0.717) is 6.54 Å². The van der Waals surface area contributed by atoms with Crippen molar-refractivity contribution in [2.24, 2.45) is 0 Å². The summed E-state index contributed by atoms with van der Waals surface area (Å²) in [7, 11) is 0. The number of rotatable bonds is 5. The minimum Gasteiger partial charge on any atom is -0.352 e. The topological polar surface area (TPSA) is 49.4 Å². The average molecular weight is 314 g/mol. The van der Waals surface area contributed by atoms with E-state index in [9.17, 15) is 9.59 Å². The van der Waals surface area contributed by atoms with E-state index in [0.717, 1.165) is 36.8 Å². The molecule has 1 aliphatic heterocycles. The summed E-state index contributed by atoms with van der Waals surface area (Å²) in [5.74, 6) is 0.0257. The Morgan fingerprint density at radius 2 is 2.00 bits per heavy atom. The molecule has 1 unspecified atom stereocenters. The van der Waals surface area contributed by atoms with Crippen molar-refractivity contribution in [1.82, 2.24) is 10.2 Å². The molecule has 0 spiro atoms. The van der Waals surface area contributed by atoms with Crippen molar-refractivity contribution >= 4 is 11.8 Å². The molecule has 1 atom stereocenters. The summed E-state index contributed by atoms with van der Waals surface area (Å²) in [6, 6.07) is 7.62. The maximum atomic E-state index is 12.8. The van der Waals surface area contributed by atoms with E-state index >= 15 is 0 Å². The monoisotopic (exact) mass is 314 g/mol. The molecule has 1 N–H and O–H groups in total. The smallest absolute Gasteiger partial charge is 0.255 e. The van der Waals surface area contributed by atoms with Gasteiger partial charge in [0, 0.05) is 18.2 Å². The van der Waals surface area contributed by atoms with Gasteiger partial charge in [-0.05, 0) is 30.9 Å². The summed E-state index contributed by atoms with van der Waals surface area (Å²) in [6.45, 7) is 2.62. The molecular weight excluding hydrogens is 288 g/mol. The first-order valence-electron chi connectivity index (χ1n) is 8.90. The van der Waals surface area contributed by atoms with E-state index in [1.54, 1.807) is 4.90 Å². The number of carbonyl (C=O) groups is 2. The van der Waals surface area contributed by atoms with Crippen LogP contribution in [-0.4, -0.2) is 28.8 Å². The molecule has 0 aromatic heterocycles. The first-order chi connectivity index (χ1) is 11.2. The highest BCUT2D eigenvalue weighted by Crippen LogP contribution is 2.26. The van der Waals surface area contributed by atoms with E-state index in [1.807, 2.05) is 24.3 Å². The molecule has 0 saturated heterocycles. The Morgan fingerprint density at radius 1 is 1.26 bits per heavy atom. The lowest BCUT2D eigenvalue weighted by Gasteiger charge is -2.30. The van der Waals surface area contributed by atoms with E-state index in [2.05, 4.69) is 12.2 Å². The van der Waals surface area contributed by atoms with E-state index in [-0.39, 0.29) is 23.9 Å². The van der Waals surface area contributed by atoms with Crippen LogP contribution in [0.15, 0.2) is 24.3 Å². The van der Waals surface area contributed by atoms with Crippen LogP contribution in [0, 0.1) is 0 Å². The van der Waals surface area contributed by atoms with Crippen molar-refractivity contribution in [3.63, 3.8) is 0 Å². The van der Waals surface area contributed by atoms with Gasteiger partial charge in [-0.15, -0.1) is 0 Å². The third kappa shape index (κ3) is 3.41. The van der Waals surface area contributed by atoms with Crippen LogP contribution < -0.4 is 5.32 Å². The highest BCUT2D eigenvalue weighted by atomic mass is 16.2. The van der Waals surface area contributed by atoms with Gasteiger partial charge in [0.2, 0.25) is 5.91 Å². The lowest BCUT2D eigenvalue weighted by Crippen LogP contribution is -2.50. The number of benzene rings is 1. The molecule has 3 rings (SSSR count). The summed E-state index contributed by atoms with van der Waals surface area (Å²) in [5.41, 5.74) is 1.78. The van der Waals surface area contributed by atoms with E-state index < -0.39 is 0 Å². The Balaban J connectivity index is 1.71. The van der Waals surface area contributed by atoms with Crippen LogP contribution in [0.3, 0.4) is 0 Å². The number of hydrogen-bond donors (Lipinski definition) is 1. The normalized spacial score (nSPS) is 19.5. The second kappa shape index (κ2) is 7.16. The van der Waals surface area contributed by atoms with Crippen LogP contribution >= 0.6 is 0 Å². The minimum absolute atomic E-state index is 0.00200. The summed E-state index contributed by atoms with van der Waals surface area (Å²) >= 11 is 0. The van der Waals surface area contributed by atoms with Gasteiger partial charge >= 0.3 is 0 Å². The molecule has 124 valence electrons. The molecule has 23 heavy (non-hydrogen) atoms. The molecule has 2 aliphatic rings. The Morgan fingerprint density at radius 3 is 2.70 bits per heavy atom. The van der Waals surface area contributed by atoms with Crippen LogP contribution in [0.2, 0.25) is 0 Å². The lowest BCUT2D eigenvalue weighted by atomic mass is 9.95. The fraction of sp³-hybridized carbons (Fsp3) is 0.579. The van der Waals surface area contributed by atoms with Crippen LogP contribution in [-0.2, 0) is 11.3 Å². The predicted octanol–water partition coefficient (Wildman–Crippen LogP) is 3.26. The zero-order valence-electron chi connectivity index (χ0n) is 13.9. The lowest BCUT2D eigenvalue weighted by molar-refractivity contribution is -0.127. The van der Waals surface area contributed by atoms with Gasteiger partial charge in [-0.2, -0.15) is 0 Å². The van der Waals surface area contributed by atoms with Crippen LogP contribution in [0.1, 0.15) is 67.8 Å². The Labute approximate surface area is 138 Å². The zero-order chi connectivity index (χ0) is 16.2. The first-order valence-corrected chi connectivity index (χ1v) is 8.90. The number of fused-ring (bicyclic) bond motifs is 1. The molecule has 4 nitrogen and oxygen atoms in total. The predicted molar refractivity (Wildman–Crippen MR) is 90.0 cm³/mol. The van der Waals surface area contributed by atoms with Gasteiger partial charge in [0.25, 0.3) is 5.91 Å². The first kappa shape index (κ1) is 16.0. The molecule has 1 saturated carbocycles. The molecular formula is C19H26N2O2. The van der Waals surface area contributed by atoms with Crippen LogP contribution in [0.4, 0.5) is 0 Å². The van der Waals surface area contributed by atoms with Gasteiger partial charge in [0.05, 0.1) is 0 Å². The number of amides is 2. The van der Waals surface area contributed by atoms with Gasteiger partial charge in [-0.3, -0.25) is 9.59 Å². The molecule has 2 amide bonds. The minimum atomic E-state index is -0.346. The average Bonchev–Trinajstić information content (AvgIpc) is 2.90. The summed E-state index contributed by atoms with van der Waals surface area (Å²) < 4.78 is 0. The standard InChI is InChI=1S/C19H26N2O2/c1-2-8-17(18(22)20-15-10-4-3-5-11-15)21-13-14-9-6-7-12-16(14)19(21)23/h6-7,9,12,15,17H,2-5,8,10-11,13H2,1H3,(H,20,22). The van der Waals surface area contributed by atoms with Crippen molar-refractivity contribution in [2.45, 2.75) is 70.5 Å². The fourth-order valence-corrected chi connectivity index (χ4v) is 3.77. The van der Waals surface area contributed by atoms with E-state index in [4.69, 9.17) is 0 Å². The molecule has 1 aromatic carbocycles. The van der Waals surface area contributed by atoms with Crippen molar-refractivity contribution in [3.8, 4) is 0 Å². The van der Waals surface area contributed by atoms with Gasteiger partial charge in [-0.1, -0.05) is 50.8 Å². The van der Waals surface area contributed by atoms with Crippen molar-refractivity contribution in [3.05, 3.63) is 35.4 Å². The maximum Gasteiger partial charge on any atom is 0.255 e. The van der Waals surface area contributed by atoms with Crippen molar-refractivity contribution in [1.29, 1.82) is 0 Å². The number of nitrogens with one attached hydrogen (secondary N) is 1. The van der Waals surface area contributed by atoms with Gasteiger partial charge in [0.15, 0.2) is 0 Å². The largest absolute Gasteiger partial charge is 0.352 e. The third-order valence-corrected chi connectivity index (χ3v) is 5.04. The number of nitrogens with zero attached hydrogens (tertiary/aromatic N) is 1. The highest BCUT2D eigenvalue weighted by Gasteiger charge is 2.36. The van der Waals surface area contributed by atoms with Crippen LogP contribution in [0.5, 0.6) is 0 Å².